The van der Waals surface area contributed by atoms with Crippen LogP contribution >= 0.6 is 0 Å². The Morgan fingerprint density at radius 1 is 1.14 bits per heavy atom. The number of sulfonamides is 1. The minimum atomic E-state index is -3.38. The average Bonchev–Trinajstić information content (AvgIpc) is 2.53. The lowest BCUT2D eigenvalue weighted by atomic mass is 9.74. The Labute approximate surface area is 128 Å². The Balaban J connectivity index is 1.89. The van der Waals surface area contributed by atoms with Crippen molar-refractivity contribution in [2.24, 2.45) is 17.6 Å². The zero-order chi connectivity index (χ0) is 15.3. The molecule has 3 N–H and O–H groups in total. The van der Waals surface area contributed by atoms with Crippen LogP contribution < -0.4 is 15.9 Å². The molecule has 6 heteroatoms. The maximum absolute atomic E-state index is 12.3. The monoisotopic (exact) mass is 308 g/mol. The van der Waals surface area contributed by atoms with Crippen molar-refractivity contribution in [2.45, 2.75) is 37.4 Å². The van der Waals surface area contributed by atoms with Crippen molar-refractivity contribution >= 4 is 22.8 Å². The minimum Gasteiger partial charge on any atom is -0.330 e. The molecule has 0 saturated heterocycles. The van der Waals surface area contributed by atoms with E-state index in [1.807, 2.05) is 12.1 Å². The van der Waals surface area contributed by atoms with E-state index >= 15 is 0 Å². The predicted molar refractivity (Wildman–Crippen MR) is 88.8 cm³/mol. The van der Waals surface area contributed by atoms with E-state index in [1.165, 1.54) is 0 Å². The van der Waals surface area contributed by atoms with E-state index in [1.54, 1.807) is 12.1 Å². The SMILES string of the molecule is CBc1ccc(S(=O)(=O)NC[C@H]2CC[C@H](CN)CC2)cc1. The molecule has 0 atom stereocenters. The summed E-state index contributed by atoms with van der Waals surface area (Å²) in [6, 6.07) is 7.13. The zero-order valence-corrected chi connectivity index (χ0v) is 13.5. The van der Waals surface area contributed by atoms with Crippen LogP contribution in [0, 0.1) is 11.8 Å². The highest BCUT2D eigenvalue weighted by Gasteiger charge is 2.22. The molecule has 0 radical (unpaired) electrons. The lowest BCUT2D eigenvalue weighted by Gasteiger charge is -2.27. The van der Waals surface area contributed by atoms with Gasteiger partial charge in [-0.15, -0.1) is 0 Å². The topological polar surface area (TPSA) is 72.2 Å². The second kappa shape index (κ2) is 7.43. The van der Waals surface area contributed by atoms with Gasteiger partial charge >= 0.3 is 0 Å². The molecule has 0 amide bonds. The molecule has 0 aromatic heterocycles. The summed E-state index contributed by atoms with van der Waals surface area (Å²) in [6.45, 7) is 3.34. The summed E-state index contributed by atoms with van der Waals surface area (Å²) in [5, 5.41) is 0. The van der Waals surface area contributed by atoms with Gasteiger partial charge in [-0.05, 0) is 56.2 Å². The number of hydrogen-bond donors (Lipinski definition) is 2. The third-order valence-corrected chi connectivity index (χ3v) is 5.94. The predicted octanol–water partition coefficient (Wildman–Crippen LogP) is 0.840. The second-order valence-electron chi connectivity index (χ2n) is 5.97. The van der Waals surface area contributed by atoms with Crippen molar-refractivity contribution in [3.8, 4) is 0 Å². The highest BCUT2D eigenvalue weighted by Crippen LogP contribution is 2.27. The number of hydrogen-bond acceptors (Lipinski definition) is 3. The van der Waals surface area contributed by atoms with Gasteiger partial charge in [0, 0.05) is 6.54 Å². The quantitative estimate of drug-likeness (QED) is 0.765. The van der Waals surface area contributed by atoms with Crippen LogP contribution in [0.2, 0.25) is 6.82 Å². The van der Waals surface area contributed by atoms with E-state index in [9.17, 15) is 8.42 Å². The third kappa shape index (κ3) is 4.56. The molecule has 1 saturated carbocycles. The van der Waals surface area contributed by atoms with Crippen LogP contribution in [-0.4, -0.2) is 28.8 Å². The van der Waals surface area contributed by atoms with Crippen LogP contribution in [0.3, 0.4) is 0 Å². The summed E-state index contributed by atoms with van der Waals surface area (Å²) in [5.74, 6) is 1.07. The Hall–Kier alpha value is -0.845. The van der Waals surface area contributed by atoms with Crippen molar-refractivity contribution in [3.05, 3.63) is 24.3 Å². The molecule has 1 aliphatic rings. The number of nitrogens with one attached hydrogen (secondary N) is 1. The van der Waals surface area contributed by atoms with E-state index in [2.05, 4.69) is 11.5 Å². The Morgan fingerprint density at radius 2 is 1.71 bits per heavy atom. The lowest BCUT2D eigenvalue weighted by Crippen LogP contribution is -2.32. The van der Waals surface area contributed by atoms with Crippen LogP contribution in [0.4, 0.5) is 0 Å². The molecular weight excluding hydrogens is 283 g/mol. The van der Waals surface area contributed by atoms with Gasteiger partial charge in [0.2, 0.25) is 10.0 Å². The van der Waals surface area contributed by atoms with Crippen LogP contribution in [0.1, 0.15) is 25.7 Å². The highest BCUT2D eigenvalue weighted by atomic mass is 32.2. The van der Waals surface area contributed by atoms with Gasteiger partial charge in [0.05, 0.1) is 4.90 Å². The summed E-state index contributed by atoms with van der Waals surface area (Å²) in [4.78, 5) is 0.357. The number of benzene rings is 1. The summed E-state index contributed by atoms with van der Waals surface area (Å²) in [6.07, 6.45) is 4.38. The standard InChI is InChI=1S/C15H25BN2O2S/c1-16-14-6-8-15(9-7-14)21(19,20)18-11-13-4-2-12(10-17)3-5-13/h6-9,12-13,16,18H,2-5,10-11,17H2,1H3/t12-,13-. The van der Waals surface area contributed by atoms with Crippen molar-refractivity contribution in [1.29, 1.82) is 0 Å². The molecule has 0 unspecified atom stereocenters. The van der Waals surface area contributed by atoms with E-state index in [-0.39, 0.29) is 0 Å². The zero-order valence-electron chi connectivity index (χ0n) is 12.7. The fraction of sp³-hybridized carbons (Fsp3) is 0.600. The first kappa shape index (κ1) is 16.5. The Bertz CT molecular complexity index is 537. The van der Waals surface area contributed by atoms with E-state index < -0.39 is 10.0 Å². The lowest BCUT2D eigenvalue weighted by molar-refractivity contribution is 0.280. The van der Waals surface area contributed by atoms with Gasteiger partial charge in [-0.3, -0.25) is 0 Å². The first-order chi connectivity index (χ1) is 10.0. The summed E-state index contributed by atoms with van der Waals surface area (Å²) in [5.41, 5.74) is 6.83. The first-order valence-corrected chi connectivity index (χ1v) is 9.32. The molecule has 0 bridgehead atoms. The van der Waals surface area contributed by atoms with Crippen LogP contribution in [-0.2, 0) is 10.0 Å². The van der Waals surface area contributed by atoms with E-state index in [0.717, 1.165) is 45.0 Å². The van der Waals surface area contributed by atoms with Gasteiger partial charge in [0.25, 0.3) is 0 Å². The van der Waals surface area contributed by atoms with Crippen LogP contribution in [0.25, 0.3) is 0 Å². The van der Waals surface area contributed by atoms with Crippen molar-refractivity contribution in [3.63, 3.8) is 0 Å². The Kier molecular flexibility index (Phi) is 5.84. The molecule has 1 aliphatic carbocycles. The second-order valence-corrected chi connectivity index (χ2v) is 7.74. The maximum Gasteiger partial charge on any atom is 0.240 e. The average molecular weight is 308 g/mol. The van der Waals surface area contributed by atoms with Crippen molar-refractivity contribution in [2.75, 3.05) is 13.1 Å². The molecule has 2 rings (SSSR count). The summed E-state index contributed by atoms with van der Waals surface area (Å²) in [7, 11) is -2.46. The largest absolute Gasteiger partial charge is 0.330 e. The molecule has 21 heavy (non-hydrogen) atoms. The molecule has 4 nitrogen and oxygen atoms in total. The van der Waals surface area contributed by atoms with Crippen LogP contribution in [0.5, 0.6) is 0 Å². The van der Waals surface area contributed by atoms with Crippen molar-refractivity contribution in [1.82, 2.24) is 4.72 Å². The van der Waals surface area contributed by atoms with E-state index in [4.69, 9.17) is 5.73 Å². The molecule has 0 heterocycles. The van der Waals surface area contributed by atoms with Gasteiger partial charge in [-0.1, -0.05) is 24.4 Å². The molecule has 1 aromatic carbocycles. The smallest absolute Gasteiger partial charge is 0.240 e. The number of nitrogens with two attached hydrogens (primary N) is 1. The molecular formula is C15H25BN2O2S. The summed E-state index contributed by atoms with van der Waals surface area (Å²) < 4.78 is 27.3. The maximum atomic E-state index is 12.3. The van der Waals surface area contributed by atoms with Crippen LogP contribution in [0.15, 0.2) is 29.2 Å². The Morgan fingerprint density at radius 3 is 2.24 bits per heavy atom. The van der Waals surface area contributed by atoms with Crippen molar-refractivity contribution < 1.29 is 8.42 Å². The van der Waals surface area contributed by atoms with Gasteiger partial charge in [-0.2, -0.15) is 0 Å². The fourth-order valence-electron chi connectivity index (χ4n) is 2.89. The van der Waals surface area contributed by atoms with E-state index in [0.29, 0.717) is 23.3 Å². The normalized spacial score (nSPS) is 23.0. The van der Waals surface area contributed by atoms with Gasteiger partial charge < -0.3 is 5.73 Å². The molecule has 1 aromatic rings. The molecule has 0 spiro atoms. The fourth-order valence-corrected chi connectivity index (χ4v) is 4.00. The van der Waals surface area contributed by atoms with Gasteiger partial charge in [0.1, 0.15) is 0 Å². The van der Waals surface area contributed by atoms with Gasteiger partial charge in [0.15, 0.2) is 7.28 Å². The molecule has 1 fully saturated rings. The highest BCUT2D eigenvalue weighted by molar-refractivity contribution is 7.89. The third-order valence-electron chi connectivity index (χ3n) is 4.50. The minimum absolute atomic E-state index is 0.357. The van der Waals surface area contributed by atoms with Gasteiger partial charge in [-0.25, -0.2) is 13.1 Å². The number of rotatable bonds is 6. The molecule has 0 aliphatic heterocycles. The molecule has 116 valence electrons. The first-order valence-electron chi connectivity index (χ1n) is 7.83. The summed E-state index contributed by atoms with van der Waals surface area (Å²) >= 11 is 0.